The Hall–Kier alpha value is -1.54. The topological polar surface area (TPSA) is 3.24 Å². The fourth-order valence-corrected chi connectivity index (χ4v) is 4.15. The van der Waals surface area contributed by atoms with Crippen LogP contribution in [0.5, 0.6) is 0 Å². The van der Waals surface area contributed by atoms with Crippen molar-refractivity contribution in [3.63, 3.8) is 0 Å². The van der Waals surface area contributed by atoms with Crippen molar-refractivity contribution in [1.29, 1.82) is 0 Å². The fraction of sp³-hybridized carbons (Fsp3) is 0.429. The predicted octanol–water partition coefficient (Wildman–Crippen LogP) is 6.79. The van der Waals surface area contributed by atoms with Crippen molar-refractivity contribution in [3.8, 4) is 0 Å². The number of halogens is 2. The Labute approximate surface area is 149 Å². The summed E-state index contributed by atoms with van der Waals surface area (Å²) in [6, 6.07) is 3.35. The Morgan fingerprint density at radius 3 is 2.50 bits per heavy atom. The van der Waals surface area contributed by atoms with E-state index in [1.165, 1.54) is 37.3 Å². The lowest BCUT2D eigenvalue weighted by molar-refractivity contribution is 0.545. The van der Waals surface area contributed by atoms with Gasteiger partial charge in [-0.05, 0) is 49.5 Å². The molecule has 2 aliphatic rings. The van der Waals surface area contributed by atoms with Crippen molar-refractivity contribution >= 4 is 17.3 Å². The third-order valence-corrected chi connectivity index (χ3v) is 5.61. The maximum absolute atomic E-state index is 14.6. The van der Waals surface area contributed by atoms with Crippen LogP contribution in [-0.4, -0.2) is 0 Å². The third-order valence-electron chi connectivity index (χ3n) is 5.26. The molecule has 1 aliphatic carbocycles. The molecule has 3 rings (SSSR count). The summed E-state index contributed by atoms with van der Waals surface area (Å²) >= 11 is 6.33. The molecule has 0 N–H and O–H groups in total. The zero-order chi connectivity index (χ0) is 17.4. The minimum atomic E-state index is -0.313. The van der Waals surface area contributed by atoms with Gasteiger partial charge in [-0.15, -0.1) is 0 Å². The highest BCUT2D eigenvalue weighted by atomic mass is 35.5. The standard InChI is InChI=1S/C21H25ClFN/c1-13(2)18-9-14(3)24(15(18)4)21-11-17(19(22)12-20(21)23)10-16-7-5-6-8-16/h11-12,16H,3-10H2,1-2H3. The van der Waals surface area contributed by atoms with Crippen molar-refractivity contribution < 1.29 is 4.39 Å². The van der Waals surface area contributed by atoms with Crippen LogP contribution in [0.1, 0.15) is 51.5 Å². The minimum Gasteiger partial charge on any atom is -0.312 e. The number of benzene rings is 1. The normalized spacial score (nSPS) is 18.8. The highest BCUT2D eigenvalue weighted by Gasteiger charge is 2.29. The van der Waals surface area contributed by atoms with Gasteiger partial charge in [-0.1, -0.05) is 56.0 Å². The van der Waals surface area contributed by atoms with E-state index < -0.39 is 0 Å². The van der Waals surface area contributed by atoms with Gasteiger partial charge in [0.05, 0.1) is 5.69 Å². The number of anilines is 1. The lowest BCUT2D eigenvalue weighted by Crippen LogP contribution is -2.16. The molecule has 0 radical (unpaired) electrons. The van der Waals surface area contributed by atoms with Crippen molar-refractivity contribution in [3.05, 3.63) is 64.2 Å². The molecule has 0 unspecified atom stereocenters. The van der Waals surface area contributed by atoms with Gasteiger partial charge in [-0.2, -0.15) is 0 Å². The van der Waals surface area contributed by atoms with E-state index in [2.05, 4.69) is 27.0 Å². The monoisotopic (exact) mass is 345 g/mol. The summed E-state index contributed by atoms with van der Waals surface area (Å²) in [5, 5.41) is 0.529. The van der Waals surface area contributed by atoms with E-state index in [-0.39, 0.29) is 5.82 Å². The number of hydrogen-bond acceptors (Lipinski definition) is 1. The van der Waals surface area contributed by atoms with Gasteiger partial charge in [0, 0.05) is 22.8 Å². The summed E-state index contributed by atoms with van der Waals surface area (Å²) in [6.07, 6.45) is 6.72. The molecule has 3 heteroatoms. The smallest absolute Gasteiger partial charge is 0.148 e. The third kappa shape index (κ3) is 3.17. The van der Waals surface area contributed by atoms with Gasteiger partial charge >= 0.3 is 0 Å². The van der Waals surface area contributed by atoms with E-state index in [9.17, 15) is 4.39 Å². The fourth-order valence-electron chi connectivity index (χ4n) is 3.93. The molecule has 1 aromatic carbocycles. The number of rotatable bonds is 3. The molecule has 0 amide bonds. The number of allylic oxidation sites excluding steroid dienone is 3. The molecule has 1 saturated carbocycles. The minimum absolute atomic E-state index is 0.313. The van der Waals surface area contributed by atoms with E-state index in [0.717, 1.165) is 35.4 Å². The van der Waals surface area contributed by atoms with Gasteiger partial charge in [0.1, 0.15) is 5.82 Å². The second-order valence-corrected chi connectivity index (χ2v) is 7.66. The predicted molar refractivity (Wildman–Crippen MR) is 101 cm³/mol. The Morgan fingerprint density at radius 2 is 1.92 bits per heavy atom. The highest BCUT2D eigenvalue weighted by molar-refractivity contribution is 6.31. The molecular weight excluding hydrogens is 321 g/mol. The number of hydrogen-bond donors (Lipinski definition) is 0. The summed E-state index contributed by atoms with van der Waals surface area (Å²) in [7, 11) is 0. The maximum atomic E-state index is 14.6. The van der Waals surface area contributed by atoms with Gasteiger partial charge in [-0.25, -0.2) is 4.39 Å². The molecule has 1 nitrogen and oxygen atoms in total. The quantitative estimate of drug-likeness (QED) is 0.583. The molecule has 1 aliphatic heterocycles. The first-order chi connectivity index (χ1) is 11.4. The van der Waals surface area contributed by atoms with Crippen LogP contribution in [0.2, 0.25) is 5.02 Å². The van der Waals surface area contributed by atoms with E-state index >= 15 is 0 Å². The van der Waals surface area contributed by atoms with Crippen molar-refractivity contribution in [2.24, 2.45) is 5.92 Å². The maximum Gasteiger partial charge on any atom is 0.148 e. The largest absolute Gasteiger partial charge is 0.312 e. The van der Waals surface area contributed by atoms with E-state index in [0.29, 0.717) is 16.6 Å². The summed E-state index contributed by atoms with van der Waals surface area (Å²) in [6.45, 7) is 12.4. The lowest BCUT2D eigenvalue weighted by Gasteiger charge is -2.23. The molecule has 0 atom stereocenters. The Balaban J connectivity index is 1.97. The van der Waals surface area contributed by atoms with Crippen LogP contribution in [0.15, 0.2) is 47.8 Å². The van der Waals surface area contributed by atoms with Crippen molar-refractivity contribution in [2.75, 3.05) is 4.90 Å². The Morgan fingerprint density at radius 1 is 1.25 bits per heavy atom. The molecule has 0 spiro atoms. The summed E-state index contributed by atoms with van der Waals surface area (Å²) in [4.78, 5) is 1.85. The van der Waals surface area contributed by atoms with Crippen LogP contribution in [0.3, 0.4) is 0 Å². The first kappa shape index (κ1) is 17.3. The number of nitrogens with zero attached hydrogens (tertiary/aromatic N) is 1. The first-order valence-electron chi connectivity index (χ1n) is 8.70. The SMILES string of the molecule is C=C1CC(=C(C)C)C(=C)N1c1cc(CC2CCCC2)c(Cl)cc1F. The Bertz CT molecular complexity index is 722. The molecule has 128 valence electrons. The van der Waals surface area contributed by atoms with Crippen LogP contribution < -0.4 is 4.90 Å². The molecule has 1 heterocycles. The van der Waals surface area contributed by atoms with Crippen LogP contribution in [0.25, 0.3) is 0 Å². The van der Waals surface area contributed by atoms with Gasteiger partial charge in [0.2, 0.25) is 0 Å². The molecule has 2 fully saturated rings. The van der Waals surface area contributed by atoms with Crippen LogP contribution >= 0.6 is 11.6 Å². The first-order valence-corrected chi connectivity index (χ1v) is 9.07. The zero-order valence-electron chi connectivity index (χ0n) is 14.6. The average Bonchev–Trinajstić information content (AvgIpc) is 3.11. The van der Waals surface area contributed by atoms with Gasteiger partial charge in [0.25, 0.3) is 0 Å². The van der Waals surface area contributed by atoms with Crippen molar-refractivity contribution in [1.82, 2.24) is 0 Å². The van der Waals surface area contributed by atoms with E-state index in [4.69, 9.17) is 11.6 Å². The Kier molecular flexibility index (Phi) is 4.87. The van der Waals surface area contributed by atoms with Gasteiger partial charge < -0.3 is 4.90 Å². The van der Waals surface area contributed by atoms with E-state index in [1.807, 2.05) is 11.0 Å². The molecule has 0 bridgehead atoms. The molecule has 0 aromatic heterocycles. The van der Waals surface area contributed by atoms with Gasteiger partial charge in [-0.3, -0.25) is 0 Å². The second-order valence-electron chi connectivity index (χ2n) is 7.25. The molecule has 24 heavy (non-hydrogen) atoms. The van der Waals surface area contributed by atoms with Crippen LogP contribution in [-0.2, 0) is 6.42 Å². The highest BCUT2D eigenvalue weighted by Crippen LogP contribution is 2.42. The average molecular weight is 346 g/mol. The molecule has 1 aromatic rings. The summed E-state index contributed by atoms with van der Waals surface area (Å²) < 4.78 is 14.6. The molecule has 1 saturated heterocycles. The molecular formula is C21H25ClFN. The van der Waals surface area contributed by atoms with E-state index in [1.54, 1.807) is 0 Å². The zero-order valence-corrected chi connectivity index (χ0v) is 15.3. The van der Waals surface area contributed by atoms with Crippen molar-refractivity contribution in [2.45, 2.75) is 52.4 Å². The van der Waals surface area contributed by atoms with Gasteiger partial charge in [0.15, 0.2) is 0 Å². The second kappa shape index (κ2) is 6.76. The van der Waals surface area contributed by atoms with Crippen LogP contribution in [0.4, 0.5) is 10.1 Å². The summed E-state index contributed by atoms with van der Waals surface area (Å²) in [5.74, 6) is 0.353. The lowest BCUT2D eigenvalue weighted by atomic mass is 9.97. The summed E-state index contributed by atoms with van der Waals surface area (Å²) in [5.41, 5.74) is 5.60. The van der Waals surface area contributed by atoms with Crippen LogP contribution in [0, 0.1) is 11.7 Å².